The highest BCUT2D eigenvalue weighted by Crippen LogP contribution is 2.04. The summed E-state index contributed by atoms with van der Waals surface area (Å²) in [5.74, 6) is -0.998. The highest BCUT2D eigenvalue weighted by atomic mass is 16.5. The Kier molecular flexibility index (Phi) is 3.99. The molecule has 0 aliphatic carbocycles. The number of ether oxygens (including phenoxy) is 2. The van der Waals surface area contributed by atoms with Crippen LogP contribution < -0.4 is 0 Å². The van der Waals surface area contributed by atoms with Crippen molar-refractivity contribution in [3.05, 3.63) is 29.6 Å². The van der Waals surface area contributed by atoms with Gasteiger partial charge in [-0.3, -0.25) is 0 Å². The summed E-state index contributed by atoms with van der Waals surface area (Å²) in [5.41, 5.74) is 0.463. The van der Waals surface area contributed by atoms with Gasteiger partial charge in [0.05, 0.1) is 18.8 Å². The molecule has 0 aliphatic rings. The molecule has 5 nitrogen and oxygen atoms in total. The molecule has 0 bridgehead atoms. The van der Waals surface area contributed by atoms with Crippen LogP contribution in [0.4, 0.5) is 0 Å². The second kappa shape index (κ2) is 5.25. The lowest BCUT2D eigenvalue weighted by atomic mass is 10.2. The van der Waals surface area contributed by atoms with Gasteiger partial charge in [-0.15, -0.1) is 0 Å². The van der Waals surface area contributed by atoms with E-state index in [-0.39, 0.29) is 11.8 Å². The number of nitrogens with zero attached hydrogens (tertiary/aromatic N) is 1. The number of hydrogen-bond acceptors (Lipinski definition) is 5. The lowest BCUT2D eigenvalue weighted by Crippen LogP contribution is -2.13. The maximum absolute atomic E-state index is 11.4. The van der Waals surface area contributed by atoms with Gasteiger partial charge in [-0.05, 0) is 26.0 Å². The fourth-order valence-corrected chi connectivity index (χ4v) is 1.03. The molecule has 0 aliphatic heterocycles. The molecule has 0 saturated heterocycles. The molecule has 5 heteroatoms. The summed E-state index contributed by atoms with van der Waals surface area (Å²) < 4.78 is 9.45. The van der Waals surface area contributed by atoms with Crippen molar-refractivity contribution in [2.24, 2.45) is 0 Å². The second-order valence-corrected chi connectivity index (χ2v) is 3.38. The van der Waals surface area contributed by atoms with Crippen LogP contribution >= 0.6 is 0 Å². The molecule has 16 heavy (non-hydrogen) atoms. The topological polar surface area (TPSA) is 65.5 Å². The SMILES string of the molecule is COC(=O)c1ccc(C(=O)OC(C)C)nc1. The average Bonchev–Trinajstić information content (AvgIpc) is 2.27. The summed E-state index contributed by atoms with van der Waals surface area (Å²) in [7, 11) is 1.28. The third kappa shape index (κ3) is 3.05. The smallest absolute Gasteiger partial charge is 0.357 e. The van der Waals surface area contributed by atoms with Crippen LogP contribution in [0.15, 0.2) is 18.3 Å². The van der Waals surface area contributed by atoms with Gasteiger partial charge in [-0.2, -0.15) is 0 Å². The van der Waals surface area contributed by atoms with Gasteiger partial charge < -0.3 is 9.47 Å². The van der Waals surface area contributed by atoms with Gasteiger partial charge in [0, 0.05) is 6.20 Å². The van der Waals surface area contributed by atoms with Gasteiger partial charge in [-0.25, -0.2) is 14.6 Å². The molecule has 0 saturated carbocycles. The first-order valence-corrected chi connectivity index (χ1v) is 4.80. The lowest BCUT2D eigenvalue weighted by Gasteiger charge is -2.07. The van der Waals surface area contributed by atoms with Crippen LogP contribution in [0.25, 0.3) is 0 Å². The second-order valence-electron chi connectivity index (χ2n) is 3.38. The summed E-state index contributed by atoms with van der Waals surface area (Å²) in [4.78, 5) is 26.3. The van der Waals surface area contributed by atoms with Gasteiger partial charge in [-0.1, -0.05) is 0 Å². The molecule has 0 radical (unpaired) electrons. The molecule has 0 aromatic carbocycles. The Balaban J connectivity index is 2.78. The Morgan fingerprint density at radius 1 is 1.25 bits per heavy atom. The number of rotatable bonds is 3. The zero-order valence-corrected chi connectivity index (χ0v) is 9.39. The Morgan fingerprint density at radius 2 is 1.94 bits per heavy atom. The predicted molar refractivity (Wildman–Crippen MR) is 56.1 cm³/mol. The Bertz CT molecular complexity index is 383. The van der Waals surface area contributed by atoms with Crippen LogP contribution in [0.5, 0.6) is 0 Å². The van der Waals surface area contributed by atoms with Crippen LogP contribution in [-0.4, -0.2) is 30.1 Å². The van der Waals surface area contributed by atoms with Crippen molar-refractivity contribution in [2.45, 2.75) is 20.0 Å². The minimum Gasteiger partial charge on any atom is -0.465 e. The van der Waals surface area contributed by atoms with Crippen LogP contribution in [0, 0.1) is 0 Å². The molecule has 0 fully saturated rings. The first-order valence-electron chi connectivity index (χ1n) is 4.80. The maximum atomic E-state index is 11.4. The van der Waals surface area contributed by atoms with E-state index in [2.05, 4.69) is 9.72 Å². The molecule has 1 rings (SSSR count). The Morgan fingerprint density at radius 3 is 2.38 bits per heavy atom. The highest BCUT2D eigenvalue weighted by Gasteiger charge is 2.12. The minimum atomic E-state index is -0.508. The molecule has 1 heterocycles. The lowest BCUT2D eigenvalue weighted by molar-refractivity contribution is 0.0369. The highest BCUT2D eigenvalue weighted by molar-refractivity contribution is 5.91. The van der Waals surface area contributed by atoms with Gasteiger partial charge in [0.15, 0.2) is 0 Å². The van der Waals surface area contributed by atoms with E-state index in [1.54, 1.807) is 13.8 Å². The van der Waals surface area contributed by atoms with E-state index in [9.17, 15) is 9.59 Å². The largest absolute Gasteiger partial charge is 0.465 e. The average molecular weight is 223 g/mol. The van der Waals surface area contributed by atoms with E-state index in [0.29, 0.717) is 5.56 Å². The molecular formula is C11H13NO4. The van der Waals surface area contributed by atoms with E-state index in [1.165, 1.54) is 25.4 Å². The van der Waals surface area contributed by atoms with E-state index in [4.69, 9.17) is 4.74 Å². The van der Waals surface area contributed by atoms with Gasteiger partial charge in [0.25, 0.3) is 0 Å². The number of hydrogen-bond donors (Lipinski definition) is 0. The van der Waals surface area contributed by atoms with Crippen molar-refractivity contribution in [3.8, 4) is 0 Å². The quantitative estimate of drug-likeness (QED) is 0.725. The first kappa shape index (κ1) is 12.2. The minimum absolute atomic E-state index is 0.168. The summed E-state index contributed by atoms with van der Waals surface area (Å²) in [5, 5.41) is 0. The molecule has 86 valence electrons. The van der Waals surface area contributed by atoms with Gasteiger partial charge in [0.2, 0.25) is 0 Å². The van der Waals surface area contributed by atoms with Crippen LogP contribution in [0.3, 0.4) is 0 Å². The molecule has 1 aromatic rings. The standard InChI is InChI=1S/C11H13NO4/c1-7(2)16-11(14)9-5-4-8(6-12-9)10(13)15-3/h4-7H,1-3H3. The molecule has 0 atom stereocenters. The number of pyridine rings is 1. The summed E-state index contributed by atoms with van der Waals surface area (Å²) >= 11 is 0. The fraction of sp³-hybridized carbons (Fsp3) is 0.364. The molecule has 0 amide bonds. The zero-order chi connectivity index (χ0) is 12.1. The molecule has 0 spiro atoms. The predicted octanol–water partition coefficient (Wildman–Crippen LogP) is 1.43. The van der Waals surface area contributed by atoms with Crippen molar-refractivity contribution >= 4 is 11.9 Å². The number of esters is 2. The van der Waals surface area contributed by atoms with Crippen molar-refractivity contribution in [1.82, 2.24) is 4.98 Å². The van der Waals surface area contributed by atoms with Gasteiger partial charge in [0.1, 0.15) is 5.69 Å². The summed E-state index contributed by atoms with van der Waals surface area (Å²) in [6, 6.07) is 2.90. The van der Waals surface area contributed by atoms with Crippen molar-refractivity contribution in [3.63, 3.8) is 0 Å². The Labute approximate surface area is 93.4 Å². The van der Waals surface area contributed by atoms with Crippen LogP contribution in [-0.2, 0) is 9.47 Å². The first-order chi connectivity index (χ1) is 7.54. The number of carbonyl (C=O) groups is 2. The zero-order valence-electron chi connectivity index (χ0n) is 9.39. The molecule has 0 N–H and O–H groups in total. The van der Waals surface area contributed by atoms with Gasteiger partial charge >= 0.3 is 11.9 Å². The normalized spacial score (nSPS) is 10.0. The van der Waals surface area contributed by atoms with E-state index >= 15 is 0 Å². The number of carbonyl (C=O) groups excluding carboxylic acids is 2. The maximum Gasteiger partial charge on any atom is 0.357 e. The third-order valence-electron chi connectivity index (χ3n) is 1.74. The third-order valence-corrected chi connectivity index (χ3v) is 1.74. The van der Waals surface area contributed by atoms with Crippen molar-refractivity contribution in [2.75, 3.05) is 7.11 Å². The molecular weight excluding hydrogens is 210 g/mol. The molecule has 0 unspecified atom stereocenters. The fourth-order valence-electron chi connectivity index (χ4n) is 1.03. The number of methoxy groups -OCH3 is 1. The Hall–Kier alpha value is -1.91. The van der Waals surface area contributed by atoms with Crippen LogP contribution in [0.2, 0.25) is 0 Å². The van der Waals surface area contributed by atoms with E-state index in [0.717, 1.165) is 0 Å². The van der Waals surface area contributed by atoms with E-state index < -0.39 is 11.9 Å². The van der Waals surface area contributed by atoms with Crippen molar-refractivity contribution < 1.29 is 19.1 Å². The number of aromatic nitrogens is 1. The van der Waals surface area contributed by atoms with E-state index in [1.807, 2.05) is 0 Å². The van der Waals surface area contributed by atoms with Crippen LogP contribution in [0.1, 0.15) is 34.7 Å². The molecule has 1 aromatic heterocycles. The monoisotopic (exact) mass is 223 g/mol. The van der Waals surface area contributed by atoms with Crippen molar-refractivity contribution in [1.29, 1.82) is 0 Å². The summed E-state index contributed by atoms with van der Waals surface area (Å²) in [6.07, 6.45) is 1.08. The summed E-state index contributed by atoms with van der Waals surface area (Å²) in [6.45, 7) is 3.50.